The number of amides is 2. The number of primary amides is 1. The number of carbonyl (C=O) groups is 2. The summed E-state index contributed by atoms with van der Waals surface area (Å²) in [6, 6.07) is -0.470. The quantitative estimate of drug-likeness (QED) is 0.806. The van der Waals surface area contributed by atoms with Crippen LogP contribution in [-0.4, -0.2) is 48.1 Å². The van der Waals surface area contributed by atoms with E-state index in [0.29, 0.717) is 12.3 Å². The van der Waals surface area contributed by atoms with Crippen molar-refractivity contribution in [1.82, 2.24) is 10.2 Å². The van der Waals surface area contributed by atoms with Crippen LogP contribution in [0.5, 0.6) is 0 Å². The molecule has 1 aliphatic heterocycles. The molecule has 0 unspecified atom stereocenters. The van der Waals surface area contributed by atoms with E-state index in [2.05, 4.69) is 0 Å². The number of hydrogen-bond donors (Lipinski definition) is 2. The predicted octanol–water partition coefficient (Wildman–Crippen LogP) is 0.783. The summed E-state index contributed by atoms with van der Waals surface area (Å²) in [6.45, 7) is -1.56. The second-order valence-electron chi connectivity index (χ2n) is 5.83. The molecule has 2 amide bonds. The van der Waals surface area contributed by atoms with E-state index in [1.807, 2.05) is 5.32 Å². The van der Waals surface area contributed by atoms with Crippen molar-refractivity contribution in [3.63, 3.8) is 0 Å². The molecule has 1 heterocycles. The Morgan fingerprint density at radius 1 is 1.24 bits per heavy atom. The first-order chi connectivity index (χ1) is 9.78. The summed E-state index contributed by atoms with van der Waals surface area (Å²) < 4.78 is 36.3. The van der Waals surface area contributed by atoms with E-state index in [1.165, 1.54) is 0 Å². The van der Waals surface area contributed by atoms with E-state index in [9.17, 15) is 22.8 Å². The number of nitrogens with one attached hydrogen (secondary N) is 1. The average molecular weight is 307 g/mol. The summed E-state index contributed by atoms with van der Waals surface area (Å²) in [5.74, 6) is -0.913. The number of nitrogens with zero attached hydrogens (tertiary/aromatic N) is 1. The van der Waals surface area contributed by atoms with Gasteiger partial charge in [-0.3, -0.25) is 14.5 Å². The van der Waals surface area contributed by atoms with Crippen molar-refractivity contribution in [2.24, 2.45) is 11.7 Å². The van der Waals surface area contributed by atoms with E-state index in [0.717, 1.165) is 25.7 Å². The largest absolute Gasteiger partial charge is 0.405 e. The zero-order chi connectivity index (χ0) is 15.6. The number of hydrogen-bond acceptors (Lipinski definition) is 3. The van der Waals surface area contributed by atoms with Crippen molar-refractivity contribution in [2.45, 2.75) is 50.4 Å². The molecule has 2 rings (SSSR count). The molecule has 3 atom stereocenters. The number of nitrogens with two attached hydrogens (primary N) is 1. The Morgan fingerprint density at radius 3 is 2.52 bits per heavy atom. The van der Waals surface area contributed by atoms with E-state index in [-0.39, 0.29) is 12.6 Å². The van der Waals surface area contributed by atoms with Gasteiger partial charge in [0.15, 0.2) is 0 Å². The summed E-state index contributed by atoms with van der Waals surface area (Å²) in [5, 5.41) is 1.85. The normalized spacial score (nSPS) is 30.0. The Hall–Kier alpha value is -1.31. The first-order valence-corrected chi connectivity index (χ1v) is 7.16. The SMILES string of the molecule is NC(=O)[C@@H]1C[C@@H]2CCCC[C@H]2N1CC(=O)NCC(F)(F)F. The van der Waals surface area contributed by atoms with Gasteiger partial charge in [0.05, 0.1) is 12.6 Å². The van der Waals surface area contributed by atoms with Gasteiger partial charge in [0.25, 0.3) is 0 Å². The van der Waals surface area contributed by atoms with Crippen molar-refractivity contribution in [3.05, 3.63) is 0 Å². The van der Waals surface area contributed by atoms with Crippen LogP contribution >= 0.6 is 0 Å². The lowest BCUT2D eigenvalue weighted by Crippen LogP contribution is -2.50. The van der Waals surface area contributed by atoms with Crippen LogP contribution in [0.4, 0.5) is 13.2 Å². The van der Waals surface area contributed by atoms with Crippen LogP contribution in [0.25, 0.3) is 0 Å². The number of rotatable bonds is 4. The van der Waals surface area contributed by atoms with E-state index in [4.69, 9.17) is 5.73 Å². The van der Waals surface area contributed by atoms with Crippen LogP contribution in [-0.2, 0) is 9.59 Å². The first kappa shape index (κ1) is 16.1. The molecule has 0 spiro atoms. The maximum Gasteiger partial charge on any atom is 0.405 e. The molecule has 0 bridgehead atoms. The molecule has 2 aliphatic rings. The summed E-state index contributed by atoms with van der Waals surface area (Å²) in [4.78, 5) is 24.9. The highest BCUT2D eigenvalue weighted by Gasteiger charge is 2.45. The number of likely N-dealkylation sites (tertiary alicyclic amines) is 1. The van der Waals surface area contributed by atoms with Crippen LogP contribution < -0.4 is 11.1 Å². The third-order valence-electron chi connectivity index (χ3n) is 4.36. The summed E-state index contributed by atoms with van der Waals surface area (Å²) in [7, 11) is 0. The molecule has 1 saturated carbocycles. The average Bonchev–Trinajstić information content (AvgIpc) is 2.75. The summed E-state index contributed by atoms with van der Waals surface area (Å²) in [5.41, 5.74) is 5.37. The van der Waals surface area contributed by atoms with Crippen LogP contribution in [0.2, 0.25) is 0 Å². The highest BCUT2D eigenvalue weighted by molar-refractivity contribution is 5.83. The lowest BCUT2D eigenvalue weighted by atomic mass is 9.85. The fourth-order valence-corrected chi connectivity index (χ4v) is 3.48. The van der Waals surface area contributed by atoms with Crippen molar-refractivity contribution in [1.29, 1.82) is 0 Å². The van der Waals surface area contributed by atoms with Gasteiger partial charge in [0.2, 0.25) is 11.8 Å². The van der Waals surface area contributed by atoms with Gasteiger partial charge in [-0.05, 0) is 25.2 Å². The third-order valence-corrected chi connectivity index (χ3v) is 4.36. The maximum atomic E-state index is 12.1. The maximum absolute atomic E-state index is 12.1. The second kappa shape index (κ2) is 6.21. The Balaban J connectivity index is 1.97. The van der Waals surface area contributed by atoms with Crippen molar-refractivity contribution >= 4 is 11.8 Å². The van der Waals surface area contributed by atoms with Gasteiger partial charge in [-0.15, -0.1) is 0 Å². The molecule has 5 nitrogen and oxygen atoms in total. The number of carbonyl (C=O) groups excluding carboxylic acids is 2. The van der Waals surface area contributed by atoms with Gasteiger partial charge in [-0.25, -0.2) is 0 Å². The van der Waals surface area contributed by atoms with E-state index in [1.54, 1.807) is 4.90 Å². The molecule has 8 heteroatoms. The van der Waals surface area contributed by atoms with Crippen LogP contribution in [0.15, 0.2) is 0 Å². The minimum atomic E-state index is -4.43. The van der Waals surface area contributed by atoms with E-state index >= 15 is 0 Å². The molecule has 120 valence electrons. The van der Waals surface area contributed by atoms with Crippen molar-refractivity contribution < 1.29 is 22.8 Å². The zero-order valence-electron chi connectivity index (χ0n) is 11.7. The fraction of sp³-hybridized carbons (Fsp3) is 0.846. The lowest BCUT2D eigenvalue weighted by Gasteiger charge is -2.32. The molecule has 0 aromatic rings. The number of fused-ring (bicyclic) bond motifs is 1. The smallest absolute Gasteiger partial charge is 0.368 e. The molecule has 1 saturated heterocycles. The molecule has 0 aromatic heterocycles. The minimum Gasteiger partial charge on any atom is -0.368 e. The second-order valence-corrected chi connectivity index (χ2v) is 5.83. The van der Waals surface area contributed by atoms with Gasteiger partial charge in [-0.2, -0.15) is 13.2 Å². The topological polar surface area (TPSA) is 75.4 Å². The highest BCUT2D eigenvalue weighted by Crippen LogP contribution is 2.39. The van der Waals surface area contributed by atoms with Gasteiger partial charge < -0.3 is 11.1 Å². The summed E-state index contributed by atoms with van der Waals surface area (Å²) >= 11 is 0. The van der Waals surface area contributed by atoms with E-state index < -0.39 is 30.6 Å². The third kappa shape index (κ3) is 4.09. The first-order valence-electron chi connectivity index (χ1n) is 7.16. The molecule has 3 N–H and O–H groups in total. The number of alkyl halides is 3. The highest BCUT2D eigenvalue weighted by atomic mass is 19.4. The van der Waals surface area contributed by atoms with Crippen LogP contribution in [0, 0.1) is 5.92 Å². The molecular formula is C13H20F3N3O2. The van der Waals surface area contributed by atoms with Crippen molar-refractivity contribution in [2.75, 3.05) is 13.1 Å². The Morgan fingerprint density at radius 2 is 1.90 bits per heavy atom. The van der Waals surface area contributed by atoms with Crippen LogP contribution in [0.3, 0.4) is 0 Å². The monoisotopic (exact) mass is 307 g/mol. The van der Waals surface area contributed by atoms with Gasteiger partial charge in [-0.1, -0.05) is 12.8 Å². The van der Waals surface area contributed by atoms with Crippen LogP contribution in [0.1, 0.15) is 32.1 Å². The molecule has 2 fully saturated rings. The zero-order valence-corrected chi connectivity index (χ0v) is 11.7. The number of halogens is 3. The molecule has 0 aromatic carbocycles. The minimum absolute atomic E-state index is 0.0767. The molecule has 0 radical (unpaired) electrons. The van der Waals surface area contributed by atoms with Gasteiger partial charge >= 0.3 is 6.18 Å². The fourth-order valence-electron chi connectivity index (χ4n) is 3.48. The Bertz CT molecular complexity index is 414. The predicted molar refractivity (Wildman–Crippen MR) is 69.1 cm³/mol. The van der Waals surface area contributed by atoms with Gasteiger partial charge in [0, 0.05) is 6.04 Å². The summed E-state index contributed by atoms with van der Waals surface area (Å²) in [6.07, 6.45) is 0.105. The van der Waals surface area contributed by atoms with Crippen molar-refractivity contribution in [3.8, 4) is 0 Å². The molecular weight excluding hydrogens is 287 g/mol. The standard InChI is InChI=1S/C13H20F3N3O2/c14-13(15,16)7-18-11(20)6-19-9-4-2-1-3-8(9)5-10(19)12(17)21/h8-10H,1-7H2,(H2,17,21)(H,18,20)/t8-,9+,10-/m0/s1. The molecule has 21 heavy (non-hydrogen) atoms. The van der Waals surface area contributed by atoms with Gasteiger partial charge in [0.1, 0.15) is 6.54 Å². The Labute approximate surface area is 121 Å². The molecule has 1 aliphatic carbocycles. The lowest BCUT2D eigenvalue weighted by molar-refractivity contribution is -0.140. The Kier molecular flexibility index (Phi) is 4.75.